The van der Waals surface area contributed by atoms with E-state index >= 15 is 0 Å². The molecule has 1 atom stereocenters. The van der Waals surface area contributed by atoms with Gasteiger partial charge in [0.15, 0.2) is 0 Å². The maximum Gasteiger partial charge on any atom is 0.0462 e. The molecule has 1 unspecified atom stereocenters. The first-order chi connectivity index (χ1) is 7.83. The van der Waals surface area contributed by atoms with Gasteiger partial charge in [-0.3, -0.25) is 0 Å². The molecule has 2 nitrogen and oxygen atoms in total. The second-order valence-electron chi connectivity index (χ2n) is 5.29. The fourth-order valence-electron chi connectivity index (χ4n) is 2.73. The average molecular weight is 227 g/mol. The van der Waals surface area contributed by atoms with Gasteiger partial charge in [-0.25, -0.2) is 0 Å². The third-order valence-corrected chi connectivity index (χ3v) is 3.68. The van der Waals surface area contributed by atoms with Gasteiger partial charge in [-0.1, -0.05) is 25.7 Å². The molecule has 1 aliphatic carbocycles. The summed E-state index contributed by atoms with van der Waals surface area (Å²) in [6, 6.07) is 0.713. The number of methoxy groups -OCH3 is 1. The van der Waals surface area contributed by atoms with Crippen LogP contribution in [0.1, 0.15) is 58.3 Å². The molecular weight excluding hydrogens is 198 g/mol. The highest BCUT2D eigenvalue weighted by Crippen LogP contribution is 2.28. The number of unbranched alkanes of at least 4 members (excludes halogenated alkanes) is 2. The number of rotatable bonds is 9. The van der Waals surface area contributed by atoms with E-state index in [1.54, 1.807) is 7.11 Å². The van der Waals surface area contributed by atoms with Crippen molar-refractivity contribution in [3.05, 3.63) is 0 Å². The molecule has 0 amide bonds. The number of nitrogens with one attached hydrogen (secondary N) is 1. The third-order valence-electron chi connectivity index (χ3n) is 3.68. The van der Waals surface area contributed by atoms with Gasteiger partial charge in [-0.15, -0.1) is 0 Å². The van der Waals surface area contributed by atoms with Crippen LogP contribution in [0.5, 0.6) is 0 Å². The van der Waals surface area contributed by atoms with E-state index in [0.717, 1.165) is 12.5 Å². The Hall–Kier alpha value is -0.0800. The Labute approximate surface area is 101 Å². The SMILES string of the molecule is COCCCCCNC(C)CC1CCCC1. The lowest BCUT2D eigenvalue weighted by Gasteiger charge is -2.17. The number of hydrogen-bond donors (Lipinski definition) is 1. The van der Waals surface area contributed by atoms with Gasteiger partial charge >= 0.3 is 0 Å². The fourth-order valence-corrected chi connectivity index (χ4v) is 2.73. The van der Waals surface area contributed by atoms with Gasteiger partial charge in [-0.05, 0) is 45.1 Å². The molecule has 0 aromatic heterocycles. The molecule has 16 heavy (non-hydrogen) atoms. The Balaban J connectivity index is 1.87. The first-order valence-electron chi connectivity index (χ1n) is 7.05. The Bertz CT molecular complexity index is 155. The lowest BCUT2D eigenvalue weighted by atomic mass is 9.99. The Morgan fingerprint density at radius 1 is 1.19 bits per heavy atom. The van der Waals surface area contributed by atoms with Crippen LogP contribution in [-0.2, 0) is 4.74 Å². The zero-order valence-electron chi connectivity index (χ0n) is 11.1. The van der Waals surface area contributed by atoms with Gasteiger partial charge < -0.3 is 10.1 Å². The number of ether oxygens (including phenoxy) is 1. The topological polar surface area (TPSA) is 21.3 Å². The van der Waals surface area contributed by atoms with Crippen LogP contribution in [0.2, 0.25) is 0 Å². The normalized spacial score (nSPS) is 19.1. The van der Waals surface area contributed by atoms with E-state index < -0.39 is 0 Å². The van der Waals surface area contributed by atoms with E-state index in [1.807, 2.05) is 0 Å². The smallest absolute Gasteiger partial charge is 0.0462 e. The minimum atomic E-state index is 0.713. The zero-order valence-corrected chi connectivity index (χ0v) is 11.1. The second-order valence-corrected chi connectivity index (χ2v) is 5.29. The first kappa shape index (κ1) is 14.0. The van der Waals surface area contributed by atoms with Crippen molar-refractivity contribution in [3.63, 3.8) is 0 Å². The Morgan fingerprint density at radius 3 is 2.62 bits per heavy atom. The third kappa shape index (κ3) is 6.49. The maximum absolute atomic E-state index is 5.04. The largest absolute Gasteiger partial charge is 0.385 e. The lowest BCUT2D eigenvalue weighted by Crippen LogP contribution is -2.28. The molecule has 0 aromatic carbocycles. The van der Waals surface area contributed by atoms with Crippen LogP contribution < -0.4 is 5.32 Å². The molecule has 0 radical (unpaired) electrons. The average Bonchev–Trinajstić information content (AvgIpc) is 2.76. The highest BCUT2D eigenvalue weighted by molar-refractivity contribution is 4.72. The van der Waals surface area contributed by atoms with Crippen molar-refractivity contribution in [3.8, 4) is 0 Å². The monoisotopic (exact) mass is 227 g/mol. The van der Waals surface area contributed by atoms with Gasteiger partial charge in [0.25, 0.3) is 0 Å². The van der Waals surface area contributed by atoms with Crippen molar-refractivity contribution in [1.29, 1.82) is 0 Å². The standard InChI is InChI=1S/C14H29NO/c1-13(12-14-8-4-5-9-14)15-10-6-3-7-11-16-2/h13-15H,3-12H2,1-2H3. The maximum atomic E-state index is 5.04. The molecule has 0 aliphatic heterocycles. The highest BCUT2D eigenvalue weighted by atomic mass is 16.5. The zero-order chi connectivity index (χ0) is 11.6. The molecule has 1 fully saturated rings. The molecule has 1 saturated carbocycles. The summed E-state index contributed by atoms with van der Waals surface area (Å²) < 4.78 is 5.04. The van der Waals surface area contributed by atoms with Crippen molar-refractivity contribution in [2.45, 2.75) is 64.3 Å². The summed E-state index contributed by atoms with van der Waals surface area (Å²) in [7, 11) is 1.78. The van der Waals surface area contributed by atoms with Crippen LogP contribution in [0.25, 0.3) is 0 Å². The van der Waals surface area contributed by atoms with Crippen molar-refractivity contribution >= 4 is 0 Å². The molecule has 1 aliphatic rings. The van der Waals surface area contributed by atoms with Crippen LogP contribution in [0, 0.1) is 5.92 Å². The molecule has 0 spiro atoms. The molecular formula is C14H29NO. The lowest BCUT2D eigenvalue weighted by molar-refractivity contribution is 0.192. The van der Waals surface area contributed by atoms with E-state index in [0.29, 0.717) is 6.04 Å². The van der Waals surface area contributed by atoms with Gasteiger partial charge in [0.1, 0.15) is 0 Å². The van der Waals surface area contributed by atoms with Gasteiger partial charge in [-0.2, -0.15) is 0 Å². The summed E-state index contributed by atoms with van der Waals surface area (Å²) in [5.74, 6) is 1.01. The van der Waals surface area contributed by atoms with Crippen molar-refractivity contribution in [1.82, 2.24) is 5.32 Å². The van der Waals surface area contributed by atoms with E-state index in [9.17, 15) is 0 Å². The number of hydrogen-bond acceptors (Lipinski definition) is 2. The van der Waals surface area contributed by atoms with E-state index in [4.69, 9.17) is 4.74 Å². The van der Waals surface area contributed by atoms with Crippen molar-refractivity contribution in [2.24, 2.45) is 5.92 Å². The summed E-state index contributed by atoms with van der Waals surface area (Å²) in [5, 5.41) is 3.65. The summed E-state index contributed by atoms with van der Waals surface area (Å²) in [4.78, 5) is 0. The van der Waals surface area contributed by atoms with Crippen LogP contribution in [0.15, 0.2) is 0 Å². The fraction of sp³-hybridized carbons (Fsp3) is 1.00. The van der Waals surface area contributed by atoms with E-state index in [-0.39, 0.29) is 0 Å². The molecule has 0 aromatic rings. The van der Waals surface area contributed by atoms with Crippen LogP contribution >= 0.6 is 0 Å². The van der Waals surface area contributed by atoms with Gasteiger partial charge in [0, 0.05) is 19.8 Å². The molecule has 0 bridgehead atoms. The second kappa shape index (κ2) is 9.00. The van der Waals surface area contributed by atoms with Crippen molar-refractivity contribution < 1.29 is 4.74 Å². The van der Waals surface area contributed by atoms with Crippen LogP contribution in [0.4, 0.5) is 0 Å². The molecule has 0 saturated heterocycles. The first-order valence-corrected chi connectivity index (χ1v) is 7.05. The molecule has 1 rings (SSSR count). The van der Waals surface area contributed by atoms with Crippen LogP contribution in [-0.4, -0.2) is 26.3 Å². The van der Waals surface area contributed by atoms with E-state index in [2.05, 4.69) is 12.2 Å². The van der Waals surface area contributed by atoms with Crippen LogP contribution in [0.3, 0.4) is 0 Å². The quantitative estimate of drug-likeness (QED) is 0.610. The van der Waals surface area contributed by atoms with Gasteiger partial charge in [0.2, 0.25) is 0 Å². The van der Waals surface area contributed by atoms with Gasteiger partial charge in [0.05, 0.1) is 0 Å². The molecule has 96 valence electrons. The summed E-state index contributed by atoms with van der Waals surface area (Å²) in [5.41, 5.74) is 0. The minimum absolute atomic E-state index is 0.713. The molecule has 2 heteroatoms. The summed E-state index contributed by atoms with van der Waals surface area (Å²) >= 11 is 0. The predicted molar refractivity (Wildman–Crippen MR) is 69.8 cm³/mol. The highest BCUT2D eigenvalue weighted by Gasteiger charge is 2.17. The molecule has 1 N–H and O–H groups in total. The van der Waals surface area contributed by atoms with Crippen molar-refractivity contribution in [2.75, 3.05) is 20.3 Å². The summed E-state index contributed by atoms with van der Waals surface area (Å²) in [6.07, 6.45) is 11.0. The predicted octanol–water partition coefficient (Wildman–Crippen LogP) is 3.36. The Kier molecular flexibility index (Phi) is 7.87. The minimum Gasteiger partial charge on any atom is -0.385 e. The van der Waals surface area contributed by atoms with E-state index in [1.165, 1.54) is 57.9 Å². The summed E-state index contributed by atoms with van der Waals surface area (Å²) in [6.45, 7) is 4.43. The molecule has 0 heterocycles. The Morgan fingerprint density at radius 2 is 1.94 bits per heavy atom.